The second-order valence-electron chi connectivity index (χ2n) is 5.64. The van der Waals surface area contributed by atoms with Crippen LogP contribution in [0, 0.1) is 6.92 Å². The van der Waals surface area contributed by atoms with E-state index >= 15 is 0 Å². The van der Waals surface area contributed by atoms with Gasteiger partial charge in [-0.15, -0.1) is 0 Å². The molecule has 4 rings (SSSR count). The molecule has 3 aromatic rings. The Morgan fingerprint density at radius 1 is 1.00 bits per heavy atom. The first-order valence-corrected chi connectivity index (χ1v) is 7.42. The number of guanidine groups is 1. The lowest BCUT2D eigenvalue weighted by Gasteiger charge is -2.18. The molecule has 0 amide bonds. The highest BCUT2D eigenvalue weighted by atomic mass is 15.3. The van der Waals surface area contributed by atoms with Crippen LogP contribution in [0.4, 0.5) is 11.4 Å². The van der Waals surface area contributed by atoms with Gasteiger partial charge in [0.15, 0.2) is 0 Å². The van der Waals surface area contributed by atoms with Crippen LogP contribution in [0.25, 0.3) is 10.8 Å². The third kappa shape index (κ3) is 1.94. The smallest absolute Gasteiger partial charge is 0.201 e. The van der Waals surface area contributed by atoms with Gasteiger partial charge in [0.05, 0.1) is 17.9 Å². The molecule has 1 heterocycles. The average molecular weight is 287 g/mol. The second kappa shape index (κ2) is 4.88. The van der Waals surface area contributed by atoms with Gasteiger partial charge < -0.3 is 10.6 Å². The largest absolute Gasteiger partial charge is 0.369 e. The van der Waals surface area contributed by atoms with Crippen LogP contribution in [0.5, 0.6) is 0 Å². The van der Waals surface area contributed by atoms with Crippen LogP contribution in [0.1, 0.15) is 11.1 Å². The minimum absolute atomic E-state index is 0.540. The van der Waals surface area contributed by atoms with E-state index in [1.807, 2.05) is 31.2 Å². The Balaban J connectivity index is 1.80. The highest BCUT2D eigenvalue weighted by Gasteiger charge is 2.23. The van der Waals surface area contributed by atoms with E-state index < -0.39 is 0 Å². The van der Waals surface area contributed by atoms with Crippen molar-refractivity contribution in [2.75, 3.05) is 4.90 Å². The fourth-order valence-electron chi connectivity index (χ4n) is 3.09. The Bertz CT molecular complexity index is 891. The maximum absolute atomic E-state index is 6.31. The predicted octanol–water partition coefficient (Wildman–Crippen LogP) is 4.11. The van der Waals surface area contributed by atoms with Crippen molar-refractivity contribution >= 4 is 28.1 Å². The molecule has 1 aliphatic rings. The van der Waals surface area contributed by atoms with Crippen LogP contribution in [0.15, 0.2) is 65.7 Å². The molecule has 0 radical (unpaired) electrons. The molecule has 2 N–H and O–H groups in total. The third-order valence-corrected chi connectivity index (χ3v) is 4.22. The predicted molar refractivity (Wildman–Crippen MR) is 92.6 cm³/mol. The first-order chi connectivity index (χ1) is 10.7. The van der Waals surface area contributed by atoms with Crippen LogP contribution in [-0.4, -0.2) is 5.96 Å². The van der Waals surface area contributed by atoms with Crippen LogP contribution >= 0.6 is 0 Å². The van der Waals surface area contributed by atoms with Crippen LogP contribution in [-0.2, 0) is 6.54 Å². The molecule has 3 nitrogen and oxygen atoms in total. The van der Waals surface area contributed by atoms with Gasteiger partial charge in [-0.05, 0) is 35.6 Å². The van der Waals surface area contributed by atoms with E-state index in [2.05, 4.69) is 46.3 Å². The van der Waals surface area contributed by atoms with Gasteiger partial charge in [0, 0.05) is 5.39 Å². The molecule has 3 heteroatoms. The third-order valence-electron chi connectivity index (χ3n) is 4.22. The summed E-state index contributed by atoms with van der Waals surface area (Å²) in [5, 5.41) is 2.54. The summed E-state index contributed by atoms with van der Waals surface area (Å²) in [6.45, 7) is 2.82. The number of anilines is 1. The number of benzene rings is 3. The summed E-state index contributed by atoms with van der Waals surface area (Å²) in [5.41, 5.74) is 10.8. The lowest BCUT2D eigenvalue weighted by molar-refractivity contribution is 1.04. The minimum atomic E-state index is 0.540. The zero-order valence-electron chi connectivity index (χ0n) is 12.5. The van der Waals surface area contributed by atoms with Crippen LogP contribution < -0.4 is 10.6 Å². The van der Waals surface area contributed by atoms with Gasteiger partial charge in [-0.25, -0.2) is 4.99 Å². The number of nitrogens with two attached hydrogens (primary N) is 1. The molecular weight excluding hydrogens is 270 g/mol. The van der Waals surface area contributed by atoms with Gasteiger partial charge in [-0.3, -0.25) is 0 Å². The molecule has 22 heavy (non-hydrogen) atoms. The minimum Gasteiger partial charge on any atom is -0.369 e. The van der Waals surface area contributed by atoms with Crippen molar-refractivity contribution in [3.63, 3.8) is 0 Å². The molecule has 0 atom stereocenters. The van der Waals surface area contributed by atoms with E-state index in [1.165, 1.54) is 16.3 Å². The van der Waals surface area contributed by atoms with E-state index in [1.54, 1.807) is 0 Å². The quantitative estimate of drug-likeness (QED) is 0.540. The normalized spacial score (nSPS) is 13.9. The van der Waals surface area contributed by atoms with E-state index in [-0.39, 0.29) is 0 Å². The van der Waals surface area contributed by atoms with Crippen molar-refractivity contribution < 1.29 is 0 Å². The van der Waals surface area contributed by atoms with E-state index in [9.17, 15) is 0 Å². The molecule has 0 unspecified atom stereocenters. The van der Waals surface area contributed by atoms with E-state index in [0.29, 0.717) is 5.96 Å². The average Bonchev–Trinajstić information content (AvgIpc) is 2.91. The zero-order chi connectivity index (χ0) is 15.1. The highest BCUT2D eigenvalue weighted by Crippen LogP contribution is 2.37. The molecule has 0 bridgehead atoms. The Kier molecular flexibility index (Phi) is 2.86. The van der Waals surface area contributed by atoms with Crippen molar-refractivity contribution in [3.05, 3.63) is 71.8 Å². The Hall–Kier alpha value is -2.81. The first kappa shape index (κ1) is 12.9. The molecule has 0 saturated carbocycles. The lowest BCUT2D eigenvalue weighted by atomic mass is 10.1. The monoisotopic (exact) mass is 287 g/mol. The highest BCUT2D eigenvalue weighted by molar-refractivity contribution is 6.09. The summed E-state index contributed by atoms with van der Waals surface area (Å²) in [4.78, 5) is 6.72. The molecular formula is C19H17N3. The van der Waals surface area contributed by atoms with Gasteiger partial charge in [-0.1, -0.05) is 48.5 Å². The number of hydrogen-bond donors (Lipinski definition) is 1. The number of aliphatic imine (C=N–C) groups is 1. The Labute approximate surface area is 129 Å². The maximum Gasteiger partial charge on any atom is 0.201 e. The van der Waals surface area contributed by atoms with Crippen molar-refractivity contribution in [3.8, 4) is 0 Å². The second-order valence-corrected chi connectivity index (χ2v) is 5.64. The fourth-order valence-corrected chi connectivity index (χ4v) is 3.09. The Morgan fingerprint density at radius 2 is 1.77 bits per heavy atom. The molecule has 0 aromatic heterocycles. The molecule has 0 aliphatic carbocycles. The van der Waals surface area contributed by atoms with Gasteiger partial charge in [0.1, 0.15) is 0 Å². The van der Waals surface area contributed by atoms with Gasteiger partial charge in [0.2, 0.25) is 5.96 Å². The van der Waals surface area contributed by atoms with Gasteiger partial charge in [-0.2, -0.15) is 0 Å². The fraction of sp³-hybridized carbons (Fsp3) is 0.105. The number of aryl methyl sites for hydroxylation is 1. The number of hydrogen-bond acceptors (Lipinski definition) is 1. The zero-order valence-corrected chi connectivity index (χ0v) is 12.5. The van der Waals surface area contributed by atoms with Crippen molar-refractivity contribution in [1.82, 2.24) is 0 Å². The maximum atomic E-state index is 6.31. The lowest BCUT2D eigenvalue weighted by Crippen LogP contribution is -2.34. The topological polar surface area (TPSA) is 41.6 Å². The molecule has 0 saturated heterocycles. The summed E-state index contributed by atoms with van der Waals surface area (Å²) in [6.07, 6.45) is 0. The first-order valence-electron chi connectivity index (χ1n) is 7.42. The molecule has 1 aliphatic heterocycles. The number of para-hydroxylation sites is 1. The number of rotatable bonds is 1. The van der Waals surface area contributed by atoms with Crippen LogP contribution in [0.2, 0.25) is 0 Å². The SMILES string of the molecule is Cc1ccccc1N=C(N)N1Cc2cccc3cccc1c23. The summed E-state index contributed by atoms with van der Waals surface area (Å²) < 4.78 is 0. The molecule has 3 aromatic carbocycles. The summed E-state index contributed by atoms with van der Waals surface area (Å²) in [5.74, 6) is 0.540. The number of nitrogens with zero attached hydrogens (tertiary/aromatic N) is 2. The summed E-state index contributed by atoms with van der Waals surface area (Å²) in [6, 6.07) is 20.8. The van der Waals surface area contributed by atoms with Gasteiger partial charge in [0.25, 0.3) is 0 Å². The summed E-state index contributed by atoms with van der Waals surface area (Å²) >= 11 is 0. The Morgan fingerprint density at radius 3 is 2.59 bits per heavy atom. The molecule has 0 fully saturated rings. The van der Waals surface area contributed by atoms with Gasteiger partial charge >= 0.3 is 0 Å². The van der Waals surface area contributed by atoms with E-state index in [0.717, 1.165) is 23.5 Å². The van der Waals surface area contributed by atoms with E-state index in [4.69, 9.17) is 5.73 Å². The molecule has 108 valence electrons. The molecule has 0 spiro atoms. The van der Waals surface area contributed by atoms with Crippen molar-refractivity contribution in [1.29, 1.82) is 0 Å². The standard InChI is InChI=1S/C19H17N3/c1-13-6-2-3-10-16(13)21-19(20)22-12-15-9-4-7-14-8-5-11-17(22)18(14)15/h2-11H,12H2,1H3,(H2,20,21). The summed E-state index contributed by atoms with van der Waals surface area (Å²) in [7, 11) is 0. The van der Waals surface area contributed by atoms with Crippen molar-refractivity contribution in [2.45, 2.75) is 13.5 Å². The van der Waals surface area contributed by atoms with Crippen LogP contribution in [0.3, 0.4) is 0 Å². The van der Waals surface area contributed by atoms with Crippen molar-refractivity contribution in [2.24, 2.45) is 10.7 Å².